The molecule has 0 aliphatic heterocycles. The van der Waals surface area contributed by atoms with Crippen LogP contribution in [0.3, 0.4) is 0 Å². The number of thiazole rings is 1. The molecule has 0 amide bonds. The Bertz CT molecular complexity index is 896. The van der Waals surface area contributed by atoms with E-state index in [1.165, 1.54) is 16.7 Å². The van der Waals surface area contributed by atoms with Gasteiger partial charge in [0, 0.05) is 29.4 Å². The molecule has 0 saturated carbocycles. The van der Waals surface area contributed by atoms with Crippen molar-refractivity contribution in [3.63, 3.8) is 0 Å². The molecule has 0 aliphatic carbocycles. The summed E-state index contributed by atoms with van der Waals surface area (Å²) >= 11 is 1.18. The van der Waals surface area contributed by atoms with Gasteiger partial charge in [0.15, 0.2) is 5.82 Å². The van der Waals surface area contributed by atoms with Gasteiger partial charge in [-0.15, -0.1) is 11.3 Å². The minimum atomic E-state index is -1.60. The molecule has 0 atom stereocenters. The van der Waals surface area contributed by atoms with Crippen LogP contribution >= 0.6 is 11.3 Å². The van der Waals surface area contributed by atoms with E-state index in [0.717, 1.165) is 24.0 Å². The molecule has 0 saturated heterocycles. The first kappa shape index (κ1) is 16.4. The summed E-state index contributed by atoms with van der Waals surface area (Å²) in [5.41, 5.74) is 1.12. The molecule has 2 aromatic heterocycles. The Morgan fingerprint density at radius 2 is 2.00 bits per heavy atom. The van der Waals surface area contributed by atoms with Crippen LogP contribution in [-0.4, -0.2) is 9.97 Å². The summed E-state index contributed by atoms with van der Waals surface area (Å²) in [5, 5.41) is 13.1. The molecule has 123 valence electrons. The number of pyridine rings is 1. The fourth-order valence-electron chi connectivity index (χ4n) is 2.42. The van der Waals surface area contributed by atoms with E-state index >= 15 is 0 Å². The monoisotopic (exact) mass is 349 g/mol. The molecule has 0 spiro atoms. The molecule has 0 unspecified atom stereocenters. The molecule has 0 aliphatic rings. The lowest BCUT2D eigenvalue weighted by Gasteiger charge is -2.05. The minimum absolute atomic E-state index is 0.0461. The molecule has 1 aromatic carbocycles. The Morgan fingerprint density at radius 1 is 1.21 bits per heavy atom. The van der Waals surface area contributed by atoms with Gasteiger partial charge in [-0.05, 0) is 18.1 Å². The second-order valence-electron chi connectivity index (χ2n) is 5.18. The van der Waals surface area contributed by atoms with E-state index in [2.05, 4.69) is 9.97 Å². The fraction of sp³-hybridized carbons (Fsp3) is 0.176. The SMILES string of the molecule is CCCc1ccncc1-c1nc(-c2c(F)cc([O])c(F)c2F)cs1. The van der Waals surface area contributed by atoms with Crippen LogP contribution in [0.5, 0.6) is 5.75 Å². The van der Waals surface area contributed by atoms with Gasteiger partial charge < -0.3 is 0 Å². The van der Waals surface area contributed by atoms with Crippen molar-refractivity contribution in [1.29, 1.82) is 0 Å². The van der Waals surface area contributed by atoms with E-state index in [4.69, 9.17) is 0 Å². The number of halogens is 3. The van der Waals surface area contributed by atoms with Crippen LogP contribution in [0.2, 0.25) is 0 Å². The molecular weight excluding hydrogens is 337 g/mol. The molecule has 0 fully saturated rings. The first-order chi connectivity index (χ1) is 11.5. The van der Waals surface area contributed by atoms with Gasteiger partial charge >= 0.3 is 0 Å². The van der Waals surface area contributed by atoms with Crippen molar-refractivity contribution in [3.8, 4) is 27.6 Å². The largest absolute Gasteiger partial charge is 0.286 e. The Morgan fingerprint density at radius 3 is 2.75 bits per heavy atom. The standard InChI is InChI=1S/C17H12F3N2OS/c1-2-3-9-4-5-21-7-10(9)17-22-12(8-24-17)14-11(18)6-13(23)15(19)16(14)20/h4-8H,2-3H2,1H3. The lowest BCUT2D eigenvalue weighted by Crippen LogP contribution is -1.95. The highest BCUT2D eigenvalue weighted by Gasteiger charge is 2.23. The Balaban J connectivity index is 2.09. The maximum absolute atomic E-state index is 14.0. The molecule has 2 heterocycles. The Hall–Kier alpha value is -2.41. The van der Waals surface area contributed by atoms with Crippen molar-refractivity contribution in [2.45, 2.75) is 19.8 Å². The predicted octanol–water partition coefficient (Wildman–Crippen LogP) is 5.39. The third kappa shape index (κ3) is 2.87. The predicted molar refractivity (Wildman–Crippen MR) is 84.8 cm³/mol. The summed E-state index contributed by atoms with van der Waals surface area (Å²) in [4.78, 5) is 8.28. The van der Waals surface area contributed by atoms with Gasteiger partial charge in [-0.3, -0.25) is 10.1 Å². The number of nitrogens with zero attached hydrogens (tertiary/aromatic N) is 2. The molecular formula is C17H12F3N2OS. The molecule has 1 radical (unpaired) electrons. The number of benzene rings is 1. The Kier molecular flexibility index (Phi) is 4.53. The van der Waals surface area contributed by atoms with E-state index in [1.807, 2.05) is 13.0 Å². The van der Waals surface area contributed by atoms with Crippen LogP contribution in [0, 0.1) is 17.5 Å². The number of hydrogen-bond acceptors (Lipinski definition) is 3. The fourth-order valence-corrected chi connectivity index (χ4v) is 3.28. The maximum Gasteiger partial charge on any atom is 0.220 e. The van der Waals surface area contributed by atoms with Gasteiger partial charge in [-0.2, -0.15) is 4.39 Å². The first-order valence-electron chi connectivity index (χ1n) is 7.26. The van der Waals surface area contributed by atoms with Crippen molar-refractivity contribution in [1.82, 2.24) is 9.97 Å². The number of rotatable bonds is 4. The zero-order valence-corrected chi connectivity index (χ0v) is 13.5. The number of aryl methyl sites for hydroxylation is 1. The minimum Gasteiger partial charge on any atom is -0.286 e. The van der Waals surface area contributed by atoms with Crippen LogP contribution in [0.25, 0.3) is 21.8 Å². The zero-order valence-electron chi connectivity index (χ0n) is 12.6. The van der Waals surface area contributed by atoms with Gasteiger partial charge in [0.25, 0.3) is 0 Å². The number of hydrogen-bond donors (Lipinski definition) is 0. The van der Waals surface area contributed by atoms with Crippen LogP contribution in [-0.2, 0) is 11.5 Å². The van der Waals surface area contributed by atoms with Gasteiger partial charge in [-0.25, -0.2) is 13.8 Å². The van der Waals surface area contributed by atoms with Crippen molar-refractivity contribution in [2.24, 2.45) is 0 Å². The van der Waals surface area contributed by atoms with Gasteiger partial charge in [0.05, 0.1) is 11.3 Å². The summed E-state index contributed by atoms with van der Waals surface area (Å²) in [7, 11) is 0. The highest BCUT2D eigenvalue weighted by atomic mass is 32.1. The third-order valence-electron chi connectivity index (χ3n) is 3.55. The van der Waals surface area contributed by atoms with E-state index in [1.54, 1.807) is 12.4 Å². The molecule has 3 rings (SSSR count). The quantitative estimate of drug-likeness (QED) is 0.593. The van der Waals surface area contributed by atoms with Crippen LogP contribution in [0.4, 0.5) is 13.2 Å². The maximum atomic E-state index is 14.0. The molecule has 3 nitrogen and oxygen atoms in total. The van der Waals surface area contributed by atoms with Gasteiger partial charge in [0.2, 0.25) is 11.6 Å². The zero-order chi connectivity index (χ0) is 17.3. The van der Waals surface area contributed by atoms with Crippen LogP contribution < -0.4 is 0 Å². The van der Waals surface area contributed by atoms with Crippen LogP contribution in [0.15, 0.2) is 29.9 Å². The van der Waals surface area contributed by atoms with Crippen molar-refractivity contribution in [3.05, 3.63) is 52.9 Å². The summed E-state index contributed by atoms with van der Waals surface area (Å²) in [5.74, 6) is -5.57. The third-order valence-corrected chi connectivity index (χ3v) is 4.42. The highest BCUT2D eigenvalue weighted by Crippen LogP contribution is 2.36. The van der Waals surface area contributed by atoms with Gasteiger partial charge in [0.1, 0.15) is 10.8 Å². The van der Waals surface area contributed by atoms with E-state index in [9.17, 15) is 18.3 Å². The lowest BCUT2D eigenvalue weighted by atomic mass is 10.1. The number of aromatic nitrogens is 2. The lowest BCUT2D eigenvalue weighted by molar-refractivity contribution is 0.317. The normalized spacial score (nSPS) is 11.0. The van der Waals surface area contributed by atoms with E-state index in [-0.39, 0.29) is 5.69 Å². The smallest absolute Gasteiger partial charge is 0.220 e. The molecule has 7 heteroatoms. The van der Waals surface area contributed by atoms with Crippen molar-refractivity contribution >= 4 is 11.3 Å². The molecule has 24 heavy (non-hydrogen) atoms. The average Bonchev–Trinajstić information content (AvgIpc) is 3.03. The average molecular weight is 349 g/mol. The van der Waals surface area contributed by atoms with Crippen LogP contribution in [0.1, 0.15) is 18.9 Å². The summed E-state index contributed by atoms with van der Waals surface area (Å²) < 4.78 is 41.4. The first-order valence-corrected chi connectivity index (χ1v) is 8.14. The Labute approximate surface area is 140 Å². The second-order valence-corrected chi connectivity index (χ2v) is 6.04. The second kappa shape index (κ2) is 6.60. The van der Waals surface area contributed by atoms with Gasteiger partial charge in [-0.1, -0.05) is 13.3 Å². The molecule has 0 bridgehead atoms. The topological polar surface area (TPSA) is 45.7 Å². The summed E-state index contributed by atoms with van der Waals surface area (Å²) in [6.45, 7) is 2.04. The molecule has 0 N–H and O–H groups in total. The van der Waals surface area contributed by atoms with E-state index < -0.39 is 28.8 Å². The summed E-state index contributed by atoms with van der Waals surface area (Å²) in [6.07, 6.45) is 5.05. The molecule has 3 aromatic rings. The van der Waals surface area contributed by atoms with Crippen molar-refractivity contribution < 1.29 is 18.3 Å². The highest BCUT2D eigenvalue weighted by molar-refractivity contribution is 7.13. The van der Waals surface area contributed by atoms with Crippen molar-refractivity contribution in [2.75, 3.05) is 0 Å². The van der Waals surface area contributed by atoms with E-state index in [0.29, 0.717) is 11.1 Å². The summed E-state index contributed by atoms with van der Waals surface area (Å²) in [6, 6.07) is 2.30.